The van der Waals surface area contributed by atoms with Gasteiger partial charge in [-0.15, -0.1) is 0 Å². The largest absolute Gasteiger partial charge is 0.443 e. The minimum Gasteiger partial charge on any atom is -0.443 e. The number of anilines is 1. The van der Waals surface area contributed by atoms with Crippen molar-refractivity contribution >= 4 is 22.7 Å². The van der Waals surface area contributed by atoms with Crippen LogP contribution < -0.4 is 4.90 Å². The summed E-state index contributed by atoms with van der Waals surface area (Å²) in [6.45, 7) is 5.40. The topological polar surface area (TPSA) is 45.3 Å². The lowest BCUT2D eigenvalue weighted by Gasteiger charge is -2.24. The Morgan fingerprint density at radius 1 is 1.37 bits per heavy atom. The Balaban J connectivity index is 2.33. The molecule has 0 spiro atoms. The maximum absolute atomic E-state index is 13.3. The first-order chi connectivity index (χ1) is 8.78. The highest BCUT2D eigenvalue weighted by Crippen LogP contribution is 2.27. The van der Waals surface area contributed by atoms with Gasteiger partial charge < -0.3 is 9.72 Å². The summed E-state index contributed by atoms with van der Waals surface area (Å²) < 4.78 is 18.6. The third kappa shape index (κ3) is 2.86. The highest BCUT2D eigenvalue weighted by Gasteiger charge is 2.22. The quantitative estimate of drug-likeness (QED) is 0.854. The summed E-state index contributed by atoms with van der Waals surface area (Å²) in [5, 5.41) is 0.647. The number of carbonyl (C=O) groups is 1. The van der Waals surface area contributed by atoms with Crippen LogP contribution in [0.2, 0.25) is 0 Å². The summed E-state index contributed by atoms with van der Waals surface area (Å²) in [5.74, 6) is -0.342. The molecule has 4 nitrogen and oxygen atoms in total. The molecule has 0 bridgehead atoms. The van der Waals surface area contributed by atoms with Crippen LogP contribution in [0.25, 0.3) is 10.9 Å². The zero-order chi connectivity index (χ0) is 14.2. The number of benzene rings is 1. The van der Waals surface area contributed by atoms with Gasteiger partial charge in [0, 0.05) is 24.1 Å². The highest BCUT2D eigenvalue weighted by atomic mass is 19.1. The Bertz CT molecular complexity index is 613. The molecule has 0 fully saturated rings. The zero-order valence-electron chi connectivity index (χ0n) is 11.5. The molecule has 1 aromatic heterocycles. The van der Waals surface area contributed by atoms with Crippen LogP contribution in [0.1, 0.15) is 20.8 Å². The number of halogens is 1. The lowest BCUT2D eigenvalue weighted by Crippen LogP contribution is -2.34. The van der Waals surface area contributed by atoms with Gasteiger partial charge in [0.25, 0.3) is 0 Å². The van der Waals surface area contributed by atoms with Crippen LogP contribution in [0.3, 0.4) is 0 Å². The number of nitrogens with one attached hydrogen (secondary N) is 1. The van der Waals surface area contributed by atoms with Gasteiger partial charge in [-0.3, -0.25) is 4.90 Å². The molecule has 19 heavy (non-hydrogen) atoms. The second-order valence-electron chi connectivity index (χ2n) is 5.40. The Hall–Kier alpha value is -2.04. The maximum atomic E-state index is 13.3. The molecule has 0 aliphatic heterocycles. The molecule has 0 aliphatic carbocycles. The van der Waals surface area contributed by atoms with Crippen molar-refractivity contribution in [1.29, 1.82) is 0 Å². The summed E-state index contributed by atoms with van der Waals surface area (Å²) in [7, 11) is 1.60. The van der Waals surface area contributed by atoms with E-state index in [1.54, 1.807) is 40.1 Å². The molecule has 1 N–H and O–H groups in total. The number of rotatable bonds is 1. The summed E-state index contributed by atoms with van der Waals surface area (Å²) in [5.41, 5.74) is 0.790. The molecule has 0 atom stereocenters. The first kappa shape index (κ1) is 13.4. The van der Waals surface area contributed by atoms with E-state index in [2.05, 4.69) is 4.98 Å². The summed E-state index contributed by atoms with van der Waals surface area (Å²) in [4.78, 5) is 16.3. The Labute approximate surface area is 111 Å². The van der Waals surface area contributed by atoms with Crippen molar-refractivity contribution in [3.05, 3.63) is 30.2 Å². The van der Waals surface area contributed by atoms with Gasteiger partial charge in [0.1, 0.15) is 11.4 Å². The van der Waals surface area contributed by atoms with E-state index >= 15 is 0 Å². The molecule has 2 rings (SSSR count). The normalized spacial score (nSPS) is 11.6. The van der Waals surface area contributed by atoms with Gasteiger partial charge in [-0.1, -0.05) is 0 Å². The molecule has 0 aliphatic rings. The fourth-order valence-corrected chi connectivity index (χ4v) is 1.78. The molecule has 1 amide bonds. The van der Waals surface area contributed by atoms with Crippen molar-refractivity contribution in [2.75, 3.05) is 11.9 Å². The van der Waals surface area contributed by atoms with Crippen molar-refractivity contribution < 1.29 is 13.9 Å². The number of fused-ring (bicyclic) bond motifs is 1. The molecule has 2 aromatic rings. The number of carbonyl (C=O) groups excluding carboxylic acids is 1. The number of nitrogens with zero attached hydrogens (tertiary/aromatic N) is 1. The van der Waals surface area contributed by atoms with Gasteiger partial charge in [0.2, 0.25) is 0 Å². The van der Waals surface area contributed by atoms with Gasteiger partial charge in [0.05, 0.1) is 5.69 Å². The van der Waals surface area contributed by atoms with Crippen LogP contribution >= 0.6 is 0 Å². The highest BCUT2D eigenvalue weighted by molar-refractivity contribution is 6.00. The van der Waals surface area contributed by atoms with Crippen LogP contribution in [0.5, 0.6) is 0 Å². The summed E-state index contributed by atoms with van der Waals surface area (Å²) in [6.07, 6.45) is 1.19. The van der Waals surface area contributed by atoms with E-state index < -0.39 is 11.7 Å². The lowest BCUT2D eigenvalue weighted by atomic mass is 10.2. The zero-order valence-corrected chi connectivity index (χ0v) is 11.5. The summed E-state index contributed by atoms with van der Waals surface area (Å²) >= 11 is 0. The fourth-order valence-electron chi connectivity index (χ4n) is 1.78. The number of hydrogen-bond acceptors (Lipinski definition) is 2. The Morgan fingerprint density at radius 2 is 2.05 bits per heavy atom. The van der Waals surface area contributed by atoms with Crippen molar-refractivity contribution in [2.45, 2.75) is 26.4 Å². The van der Waals surface area contributed by atoms with Crippen molar-refractivity contribution in [3.63, 3.8) is 0 Å². The van der Waals surface area contributed by atoms with Crippen LogP contribution in [-0.2, 0) is 4.74 Å². The molecule has 0 unspecified atom stereocenters. The molecular weight excluding hydrogens is 247 g/mol. The fraction of sp³-hybridized carbons (Fsp3) is 0.357. The molecular formula is C14H17FN2O2. The van der Waals surface area contributed by atoms with E-state index in [0.717, 1.165) is 5.52 Å². The number of aromatic amines is 1. The van der Waals surface area contributed by atoms with Crippen LogP contribution in [-0.4, -0.2) is 23.7 Å². The van der Waals surface area contributed by atoms with Crippen LogP contribution in [0, 0.1) is 5.82 Å². The second-order valence-corrected chi connectivity index (χ2v) is 5.40. The van der Waals surface area contributed by atoms with Gasteiger partial charge >= 0.3 is 6.09 Å². The van der Waals surface area contributed by atoms with E-state index in [4.69, 9.17) is 4.74 Å². The molecule has 0 saturated carbocycles. The first-order valence-corrected chi connectivity index (χ1v) is 6.01. The monoisotopic (exact) mass is 264 g/mol. The van der Waals surface area contributed by atoms with Crippen LogP contribution in [0.15, 0.2) is 24.4 Å². The molecule has 0 saturated heterocycles. The van der Waals surface area contributed by atoms with E-state index in [-0.39, 0.29) is 5.82 Å². The van der Waals surface area contributed by atoms with Crippen molar-refractivity contribution in [1.82, 2.24) is 4.98 Å². The maximum Gasteiger partial charge on any atom is 0.414 e. The molecule has 102 valence electrons. The van der Waals surface area contributed by atoms with Crippen LogP contribution in [0.4, 0.5) is 14.9 Å². The van der Waals surface area contributed by atoms with Crippen molar-refractivity contribution in [3.8, 4) is 0 Å². The molecule has 0 radical (unpaired) electrons. The predicted octanol–water partition coefficient (Wildman–Crippen LogP) is 3.68. The number of amides is 1. The SMILES string of the molecule is CN(C(=O)OC(C)(C)C)c1c[nH]c2ccc(F)cc12. The predicted molar refractivity (Wildman–Crippen MR) is 72.9 cm³/mol. The average molecular weight is 264 g/mol. The third-order valence-corrected chi connectivity index (χ3v) is 2.65. The molecule has 1 heterocycles. The number of ether oxygens (including phenoxy) is 1. The minimum atomic E-state index is -0.567. The number of aromatic nitrogens is 1. The first-order valence-electron chi connectivity index (χ1n) is 6.01. The molecule has 1 aromatic carbocycles. The lowest BCUT2D eigenvalue weighted by molar-refractivity contribution is 0.0589. The van der Waals surface area contributed by atoms with Gasteiger partial charge in [0.15, 0.2) is 0 Å². The number of H-pyrrole nitrogens is 1. The average Bonchev–Trinajstić information content (AvgIpc) is 2.68. The molecule has 5 heteroatoms. The van der Waals surface area contributed by atoms with E-state index in [1.165, 1.54) is 17.0 Å². The van der Waals surface area contributed by atoms with E-state index in [1.807, 2.05) is 0 Å². The Kier molecular flexibility index (Phi) is 3.22. The summed E-state index contributed by atoms with van der Waals surface area (Å²) in [6, 6.07) is 4.40. The minimum absolute atomic E-state index is 0.342. The third-order valence-electron chi connectivity index (χ3n) is 2.65. The smallest absolute Gasteiger partial charge is 0.414 e. The van der Waals surface area contributed by atoms with Crippen molar-refractivity contribution in [2.24, 2.45) is 0 Å². The number of hydrogen-bond donors (Lipinski definition) is 1. The van der Waals surface area contributed by atoms with Gasteiger partial charge in [-0.2, -0.15) is 0 Å². The Morgan fingerprint density at radius 3 is 2.68 bits per heavy atom. The van der Waals surface area contributed by atoms with Gasteiger partial charge in [-0.25, -0.2) is 9.18 Å². The van der Waals surface area contributed by atoms with E-state index in [0.29, 0.717) is 11.1 Å². The second kappa shape index (κ2) is 4.57. The van der Waals surface area contributed by atoms with E-state index in [9.17, 15) is 9.18 Å². The standard InChI is InChI=1S/C14H17FN2O2/c1-14(2,3)19-13(18)17(4)12-8-16-11-6-5-9(15)7-10(11)12/h5-8,16H,1-4H3. The van der Waals surface area contributed by atoms with Gasteiger partial charge in [-0.05, 0) is 39.0 Å².